The highest BCUT2D eigenvalue weighted by Crippen LogP contribution is 2.19. The number of ether oxygens (including phenoxy) is 2. The summed E-state index contributed by atoms with van der Waals surface area (Å²) in [5, 5.41) is 0.636. The molecule has 0 bridgehead atoms. The predicted molar refractivity (Wildman–Crippen MR) is 64.4 cm³/mol. The molecule has 0 unspecified atom stereocenters. The topological polar surface area (TPSA) is 65.5 Å². The molecule has 1 heterocycles. The molecular formula is C13H11NO4. The molecule has 0 amide bonds. The molecule has 0 radical (unpaired) electrons. The number of esters is 2. The zero-order chi connectivity index (χ0) is 13.1. The van der Waals surface area contributed by atoms with Gasteiger partial charge in [-0.15, -0.1) is 0 Å². The van der Waals surface area contributed by atoms with Crippen LogP contribution in [0.2, 0.25) is 0 Å². The molecule has 2 aromatic rings. The number of nitrogens with zero attached hydrogens (tertiary/aromatic N) is 1. The Morgan fingerprint density at radius 2 is 1.78 bits per heavy atom. The minimum absolute atomic E-state index is 0.388. The molecular weight excluding hydrogens is 234 g/mol. The molecule has 2 rings (SSSR count). The summed E-state index contributed by atoms with van der Waals surface area (Å²) in [6, 6.07) is 6.39. The Morgan fingerprint density at radius 1 is 1.06 bits per heavy atom. The Bertz CT molecular complexity index is 621. The second kappa shape index (κ2) is 4.83. The van der Waals surface area contributed by atoms with Crippen molar-refractivity contribution in [3.8, 4) is 0 Å². The molecule has 1 aromatic heterocycles. The maximum absolute atomic E-state index is 11.6. The third-order valence-corrected chi connectivity index (χ3v) is 2.57. The summed E-state index contributed by atoms with van der Waals surface area (Å²) in [4.78, 5) is 27.1. The number of carbonyl (C=O) groups is 2. The molecule has 92 valence electrons. The highest BCUT2D eigenvalue weighted by molar-refractivity contribution is 6.04. The molecule has 0 saturated carbocycles. The highest BCUT2D eigenvalue weighted by atomic mass is 16.5. The van der Waals surface area contributed by atoms with Gasteiger partial charge in [-0.3, -0.25) is 4.98 Å². The van der Waals surface area contributed by atoms with Crippen LogP contribution in [0.1, 0.15) is 20.7 Å². The lowest BCUT2D eigenvalue weighted by Gasteiger charge is -2.05. The summed E-state index contributed by atoms with van der Waals surface area (Å²) < 4.78 is 9.31. The van der Waals surface area contributed by atoms with E-state index in [4.69, 9.17) is 0 Å². The zero-order valence-electron chi connectivity index (χ0n) is 9.97. The smallest absolute Gasteiger partial charge is 0.338 e. The molecule has 0 aliphatic heterocycles. The fourth-order valence-corrected chi connectivity index (χ4v) is 1.68. The molecule has 0 atom stereocenters. The summed E-state index contributed by atoms with van der Waals surface area (Å²) in [7, 11) is 2.63. The van der Waals surface area contributed by atoms with Crippen LogP contribution in [-0.4, -0.2) is 31.1 Å². The number of hydrogen-bond acceptors (Lipinski definition) is 5. The fraction of sp³-hybridized carbons (Fsp3) is 0.154. The van der Waals surface area contributed by atoms with Gasteiger partial charge in [-0.25, -0.2) is 9.59 Å². The zero-order valence-corrected chi connectivity index (χ0v) is 9.97. The minimum Gasteiger partial charge on any atom is -0.465 e. The summed E-state index contributed by atoms with van der Waals surface area (Å²) in [5.41, 5.74) is 1.35. The molecule has 0 fully saturated rings. The van der Waals surface area contributed by atoms with Gasteiger partial charge < -0.3 is 9.47 Å². The number of carbonyl (C=O) groups excluding carboxylic acids is 2. The number of pyridine rings is 1. The number of fused-ring (bicyclic) bond motifs is 1. The summed E-state index contributed by atoms with van der Waals surface area (Å²) in [6.45, 7) is 0. The van der Waals surface area contributed by atoms with E-state index >= 15 is 0 Å². The first-order chi connectivity index (χ1) is 8.67. The molecule has 0 spiro atoms. The molecule has 1 aromatic carbocycles. The van der Waals surface area contributed by atoms with Crippen molar-refractivity contribution in [2.24, 2.45) is 0 Å². The second-order valence-corrected chi connectivity index (χ2v) is 3.57. The minimum atomic E-state index is -0.442. The highest BCUT2D eigenvalue weighted by Gasteiger charge is 2.12. The van der Waals surface area contributed by atoms with Crippen LogP contribution in [0.25, 0.3) is 10.9 Å². The normalized spacial score (nSPS) is 10.1. The largest absolute Gasteiger partial charge is 0.465 e. The molecule has 18 heavy (non-hydrogen) atoms. The van der Waals surface area contributed by atoms with E-state index in [2.05, 4.69) is 14.5 Å². The predicted octanol–water partition coefficient (Wildman–Crippen LogP) is 1.81. The van der Waals surface area contributed by atoms with E-state index in [1.165, 1.54) is 20.4 Å². The van der Waals surface area contributed by atoms with Crippen molar-refractivity contribution in [3.05, 3.63) is 41.6 Å². The van der Waals surface area contributed by atoms with Gasteiger partial charge in [0.05, 0.1) is 30.9 Å². The Hall–Kier alpha value is -2.43. The van der Waals surface area contributed by atoms with Crippen molar-refractivity contribution in [3.63, 3.8) is 0 Å². The average Bonchev–Trinajstić information content (AvgIpc) is 2.44. The van der Waals surface area contributed by atoms with E-state index in [1.807, 2.05) is 0 Å². The van der Waals surface area contributed by atoms with Crippen LogP contribution < -0.4 is 0 Å². The van der Waals surface area contributed by atoms with Gasteiger partial charge in [-0.1, -0.05) is 6.07 Å². The van der Waals surface area contributed by atoms with Gasteiger partial charge in [0.1, 0.15) is 0 Å². The van der Waals surface area contributed by atoms with Crippen LogP contribution >= 0.6 is 0 Å². The molecule has 0 N–H and O–H groups in total. The molecule has 5 nitrogen and oxygen atoms in total. The second-order valence-electron chi connectivity index (χ2n) is 3.57. The van der Waals surface area contributed by atoms with E-state index in [-0.39, 0.29) is 0 Å². The lowest BCUT2D eigenvalue weighted by Crippen LogP contribution is -2.04. The third kappa shape index (κ3) is 2.02. The number of methoxy groups -OCH3 is 2. The first-order valence-corrected chi connectivity index (χ1v) is 5.22. The maximum Gasteiger partial charge on any atom is 0.338 e. The maximum atomic E-state index is 11.6. The van der Waals surface area contributed by atoms with Gasteiger partial charge in [0.25, 0.3) is 0 Å². The lowest BCUT2D eigenvalue weighted by molar-refractivity contribution is 0.0594. The Kier molecular flexibility index (Phi) is 3.23. The molecule has 0 aliphatic carbocycles. The first-order valence-electron chi connectivity index (χ1n) is 5.22. The van der Waals surface area contributed by atoms with Crippen LogP contribution in [0, 0.1) is 0 Å². The van der Waals surface area contributed by atoms with Crippen LogP contribution in [0.15, 0.2) is 30.5 Å². The van der Waals surface area contributed by atoms with Gasteiger partial charge in [0.15, 0.2) is 0 Å². The van der Waals surface area contributed by atoms with Crippen molar-refractivity contribution in [2.75, 3.05) is 14.2 Å². The number of aromatic nitrogens is 1. The van der Waals surface area contributed by atoms with E-state index in [1.54, 1.807) is 24.3 Å². The van der Waals surface area contributed by atoms with E-state index in [9.17, 15) is 9.59 Å². The van der Waals surface area contributed by atoms with Crippen molar-refractivity contribution >= 4 is 22.8 Å². The van der Waals surface area contributed by atoms with Crippen molar-refractivity contribution in [2.45, 2.75) is 0 Å². The molecule has 5 heteroatoms. The lowest BCUT2D eigenvalue weighted by atomic mass is 10.1. The Morgan fingerprint density at radius 3 is 2.44 bits per heavy atom. The number of benzene rings is 1. The van der Waals surface area contributed by atoms with Crippen molar-refractivity contribution in [1.29, 1.82) is 0 Å². The van der Waals surface area contributed by atoms with Gasteiger partial charge >= 0.3 is 11.9 Å². The standard InChI is InChI=1S/C13H11NO4/c1-17-12(15)8-3-4-9-10(13(16)18-2)5-6-14-11(9)7-8/h3-7H,1-2H3. The summed E-state index contributed by atoms with van der Waals surface area (Å²) in [5.74, 6) is -0.879. The Balaban J connectivity index is 2.60. The van der Waals surface area contributed by atoms with E-state index < -0.39 is 11.9 Å². The van der Waals surface area contributed by atoms with E-state index in [0.29, 0.717) is 22.0 Å². The SMILES string of the molecule is COC(=O)c1ccc2c(C(=O)OC)ccnc2c1. The van der Waals surface area contributed by atoms with Gasteiger partial charge in [0.2, 0.25) is 0 Å². The fourth-order valence-electron chi connectivity index (χ4n) is 1.68. The first kappa shape index (κ1) is 12.0. The monoisotopic (exact) mass is 245 g/mol. The van der Waals surface area contributed by atoms with Crippen LogP contribution in [0.4, 0.5) is 0 Å². The van der Waals surface area contributed by atoms with Crippen molar-refractivity contribution < 1.29 is 19.1 Å². The third-order valence-electron chi connectivity index (χ3n) is 2.57. The summed E-state index contributed by atoms with van der Waals surface area (Å²) >= 11 is 0. The van der Waals surface area contributed by atoms with Crippen LogP contribution in [-0.2, 0) is 9.47 Å². The summed E-state index contributed by atoms with van der Waals surface area (Å²) in [6.07, 6.45) is 1.50. The molecule has 0 saturated heterocycles. The van der Waals surface area contributed by atoms with E-state index in [0.717, 1.165) is 0 Å². The number of hydrogen-bond donors (Lipinski definition) is 0. The van der Waals surface area contributed by atoms with Gasteiger partial charge in [-0.05, 0) is 18.2 Å². The van der Waals surface area contributed by atoms with Gasteiger partial charge in [-0.2, -0.15) is 0 Å². The van der Waals surface area contributed by atoms with Crippen LogP contribution in [0.3, 0.4) is 0 Å². The number of rotatable bonds is 2. The Labute approximate surface area is 103 Å². The van der Waals surface area contributed by atoms with Gasteiger partial charge in [0, 0.05) is 11.6 Å². The van der Waals surface area contributed by atoms with Crippen LogP contribution in [0.5, 0.6) is 0 Å². The molecule has 0 aliphatic rings. The average molecular weight is 245 g/mol. The van der Waals surface area contributed by atoms with Crippen molar-refractivity contribution in [1.82, 2.24) is 4.98 Å². The quantitative estimate of drug-likeness (QED) is 0.755.